The Morgan fingerprint density at radius 3 is 2.09 bits per heavy atom. The molecule has 0 aromatic heterocycles. The number of aryl methyl sites for hydroxylation is 1. The maximum Gasteiger partial charge on any atom is 0.330 e. The van der Waals surface area contributed by atoms with E-state index in [4.69, 9.17) is 23.7 Å². The molecule has 0 spiro atoms. The number of likely N-dealkylation sites (N-methyl/N-ethyl adjacent to an activating group) is 3. The number of piperidine rings is 1. The number of hydrogen-bond donors (Lipinski definition) is 3. The van der Waals surface area contributed by atoms with Crippen LogP contribution in [0.15, 0.2) is 84.9 Å². The van der Waals surface area contributed by atoms with Gasteiger partial charge in [0.2, 0.25) is 41.2 Å². The summed E-state index contributed by atoms with van der Waals surface area (Å²) < 4.78 is 28.1. The van der Waals surface area contributed by atoms with E-state index in [1.165, 1.54) is 82.0 Å². The Labute approximate surface area is 517 Å². The molecular formula is C66H91N7O15. The van der Waals surface area contributed by atoms with Gasteiger partial charge in [-0.1, -0.05) is 82.3 Å². The Balaban J connectivity index is 1.50. The van der Waals surface area contributed by atoms with Gasteiger partial charge in [-0.2, -0.15) is 0 Å². The molecule has 480 valence electrons. The van der Waals surface area contributed by atoms with E-state index < -0.39 is 113 Å². The molecule has 2 aliphatic heterocycles. The molecule has 22 nitrogen and oxygen atoms in total. The number of amides is 7. The summed E-state index contributed by atoms with van der Waals surface area (Å²) in [7, 11) is 8.98. The van der Waals surface area contributed by atoms with Gasteiger partial charge in [-0.25, -0.2) is 9.59 Å². The van der Waals surface area contributed by atoms with Gasteiger partial charge in [0.15, 0.2) is 11.5 Å². The number of anilines is 1. The van der Waals surface area contributed by atoms with E-state index in [0.29, 0.717) is 47.6 Å². The summed E-state index contributed by atoms with van der Waals surface area (Å²) in [5.74, 6) is -6.31. The molecule has 0 aliphatic carbocycles. The number of rotatable bonds is 13. The van der Waals surface area contributed by atoms with Crippen molar-refractivity contribution >= 4 is 64.8 Å². The molecule has 3 aromatic carbocycles. The van der Waals surface area contributed by atoms with E-state index in [1.54, 1.807) is 68.4 Å². The first-order valence-corrected chi connectivity index (χ1v) is 30.2. The lowest BCUT2D eigenvalue weighted by molar-refractivity contribution is -0.165. The third-order valence-electron chi connectivity index (χ3n) is 15.8. The van der Waals surface area contributed by atoms with Gasteiger partial charge >= 0.3 is 11.9 Å². The summed E-state index contributed by atoms with van der Waals surface area (Å²) in [6.07, 6.45) is 3.49. The number of esters is 2. The number of ether oxygens (including phenoxy) is 5. The predicted octanol–water partition coefficient (Wildman–Crippen LogP) is 6.18. The SMILES string of the molecule is COCC[C@@H]1NC(=O)[C@H](C(C)C)N(C)C(=O)[C@@H](Cc2ccccc2)NC(=O)[C@H](CC(C)C)N(C)C(=O)CCC(=O)Nc2cccc(c2)[C@@H](CCc2ccc(OC)c(OC)c2)OC(=O)[C@@H]2CCCCN2C(=O)C(=O)C(C)(C)COC(=O)/C=C\CCN(C)C1=O. The fourth-order valence-electron chi connectivity index (χ4n) is 10.8. The molecule has 3 N–H and O–H groups in total. The van der Waals surface area contributed by atoms with Crippen molar-refractivity contribution in [1.29, 1.82) is 0 Å². The van der Waals surface area contributed by atoms with Crippen molar-refractivity contribution in [1.82, 2.24) is 30.2 Å². The van der Waals surface area contributed by atoms with Crippen LogP contribution in [-0.2, 0) is 75.0 Å². The Kier molecular flexibility index (Phi) is 27.2. The highest BCUT2D eigenvalue weighted by Crippen LogP contribution is 2.33. The second-order valence-corrected chi connectivity index (χ2v) is 24.0. The topological polar surface area (TPSA) is 266 Å². The number of carbonyl (C=O) groups is 10. The van der Waals surface area contributed by atoms with Crippen LogP contribution in [0.4, 0.5) is 5.69 Å². The van der Waals surface area contributed by atoms with Crippen LogP contribution in [0.2, 0.25) is 0 Å². The number of hydrogen-bond acceptors (Lipinski definition) is 15. The van der Waals surface area contributed by atoms with Crippen LogP contribution < -0.4 is 25.4 Å². The molecule has 2 aliphatic rings. The lowest BCUT2D eigenvalue weighted by Gasteiger charge is -2.36. The largest absolute Gasteiger partial charge is 0.493 e. The monoisotopic (exact) mass is 1220 g/mol. The molecule has 2 bridgehead atoms. The molecule has 7 amide bonds. The Bertz CT molecular complexity index is 2950. The van der Waals surface area contributed by atoms with Crippen LogP contribution in [0.5, 0.6) is 11.5 Å². The second kappa shape index (κ2) is 33.8. The molecule has 1 saturated heterocycles. The lowest BCUT2D eigenvalue weighted by Crippen LogP contribution is -2.60. The number of cyclic esters (lactones) is 2. The number of nitrogens with one attached hydrogen (secondary N) is 3. The van der Waals surface area contributed by atoms with Crippen LogP contribution in [-0.4, -0.2) is 178 Å². The minimum Gasteiger partial charge on any atom is -0.493 e. The summed E-state index contributed by atoms with van der Waals surface area (Å²) in [5, 5.41) is 8.63. The van der Waals surface area contributed by atoms with Gasteiger partial charge in [0.1, 0.15) is 42.9 Å². The second-order valence-electron chi connectivity index (χ2n) is 24.0. The molecule has 3 aromatic rings. The molecule has 22 heteroatoms. The minimum absolute atomic E-state index is 0.0282. The standard InChI is InChI=1S/C66H91N7O15/c1-42(2)37-51-60(78)69-49(38-44-21-14-13-15-22-44)63(81)72(9)58(43(3)4)61(79)68-48(33-36-84-10)62(80)70(7)34-18-17-26-57(76)87-41-66(5,6)59(77)64(82)73-35-19-16-25-50(73)65(83)88-52(29-27-45-28-30-53(85-11)54(39-45)86-12)46-23-20-24-47(40-46)67-55(74)31-32-56(75)71(51)8/h13-15,17,20-24,26,28,30,39-40,42-43,48-52,58H,16,18-19,25,27,29,31-38,41H2,1-12H3,(H,67,74)(H,68,79)(H,69,78)/b26-17-/t48-,49+,50-,51-,52+,58-/m0/s1. The Hall–Kier alpha value is -8.14. The quantitative estimate of drug-likeness (QED) is 0.127. The number of carbonyl (C=O) groups excluding carboxylic acids is 10. The van der Waals surface area contributed by atoms with E-state index >= 15 is 0 Å². The van der Waals surface area contributed by atoms with Crippen molar-refractivity contribution in [3.63, 3.8) is 0 Å². The van der Waals surface area contributed by atoms with Gasteiger partial charge in [-0.05, 0) is 118 Å². The van der Waals surface area contributed by atoms with Crippen molar-refractivity contribution in [3.8, 4) is 11.5 Å². The van der Waals surface area contributed by atoms with E-state index in [2.05, 4.69) is 16.0 Å². The maximum absolute atomic E-state index is 14.9. The highest BCUT2D eigenvalue weighted by atomic mass is 16.5. The molecular weight excluding hydrogens is 1130 g/mol. The number of nitrogens with zero attached hydrogens (tertiary/aromatic N) is 4. The van der Waals surface area contributed by atoms with E-state index in [0.717, 1.165) is 11.6 Å². The molecule has 0 saturated carbocycles. The molecule has 2 heterocycles. The first kappa shape index (κ1) is 70.6. The zero-order valence-corrected chi connectivity index (χ0v) is 53.2. The zero-order chi connectivity index (χ0) is 64.8. The van der Waals surface area contributed by atoms with Gasteiger partial charge in [-0.15, -0.1) is 0 Å². The van der Waals surface area contributed by atoms with E-state index in [1.807, 2.05) is 32.0 Å². The van der Waals surface area contributed by atoms with Gasteiger partial charge < -0.3 is 59.2 Å². The number of Topliss-reactive ketones (excluding diaryl/α,β-unsaturated/α-hetero) is 1. The first-order chi connectivity index (χ1) is 41.8. The highest BCUT2D eigenvalue weighted by molar-refractivity contribution is 6.38. The van der Waals surface area contributed by atoms with Crippen LogP contribution in [0.25, 0.3) is 0 Å². The van der Waals surface area contributed by atoms with Crippen LogP contribution in [0.3, 0.4) is 0 Å². The molecule has 0 radical (unpaired) electrons. The molecule has 1 fully saturated rings. The Morgan fingerprint density at radius 2 is 1.42 bits per heavy atom. The number of benzene rings is 3. The maximum atomic E-state index is 14.9. The normalized spacial score (nSPS) is 23.0. The Morgan fingerprint density at radius 1 is 0.716 bits per heavy atom. The van der Waals surface area contributed by atoms with Crippen molar-refractivity contribution in [2.24, 2.45) is 17.3 Å². The average Bonchev–Trinajstić information content (AvgIpc) is 1.45. The van der Waals surface area contributed by atoms with Crippen molar-refractivity contribution < 1.29 is 71.6 Å². The fourth-order valence-corrected chi connectivity index (χ4v) is 10.8. The summed E-state index contributed by atoms with van der Waals surface area (Å²) in [6.45, 7) is 10.0. The van der Waals surface area contributed by atoms with Crippen LogP contribution in [0.1, 0.15) is 122 Å². The van der Waals surface area contributed by atoms with Crippen molar-refractivity contribution in [2.75, 3.05) is 74.1 Å². The summed E-state index contributed by atoms with van der Waals surface area (Å²) in [6, 6.07) is 15.5. The van der Waals surface area contributed by atoms with E-state index in [9.17, 15) is 47.9 Å². The number of fused-ring (bicyclic) bond motifs is 3. The predicted molar refractivity (Wildman–Crippen MR) is 329 cm³/mol. The molecule has 0 unspecified atom stereocenters. The smallest absolute Gasteiger partial charge is 0.330 e. The van der Waals surface area contributed by atoms with Crippen LogP contribution >= 0.6 is 0 Å². The average molecular weight is 1220 g/mol. The van der Waals surface area contributed by atoms with Gasteiger partial charge in [0, 0.05) is 79.0 Å². The van der Waals surface area contributed by atoms with Crippen LogP contribution in [0, 0.1) is 17.3 Å². The minimum atomic E-state index is -1.51. The summed E-state index contributed by atoms with van der Waals surface area (Å²) in [4.78, 5) is 147. The third-order valence-corrected chi connectivity index (χ3v) is 15.8. The third kappa shape index (κ3) is 20.2. The molecule has 5 rings (SSSR count). The summed E-state index contributed by atoms with van der Waals surface area (Å²) >= 11 is 0. The zero-order valence-electron chi connectivity index (χ0n) is 53.2. The van der Waals surface area contributed by atoms with Crippen molar-refractivity contribution in [3.05, 3.63) is 102 Å². The number of methoxy groups -OCH3 is 3. The van der Waals surface area contributed by atoms with Gasteiger partial charge in [-0.3, -0.25) is 38.4 Å². The first-order valence-electron chi connectivity index (χ1n) is 30.2. The van der Waals surface area contributed by atoms with Gasteiger partial charge in [0.05, 0.1) is 19.6 Å². The van der Waals surface area contributed by atoms with Gasteiger partial charge in [0.25, 0.3) is 5.91 Å². The fraction of sp³-hybridized carbons (Fsp3) is 0.545. The molecule has 88 heavy (non-hydrogen) atoms. The highest BCUT2D eigenvalue weighted by Gasteiger charge is 2.43. The van der Waals surface area contributed by atoms with Crippen molar-refractivity contribution in [2.45, 2.75) is 148 Å². The summed E-state index contributed by atoms with van der Waals surface area (Å²) in [5.41, 5.74) is 0.855. The van der Waals surface area contributed by atoms with E-state index in [-0.39, 0.29) is 77.0 Å². The lowest BCUT2D eigenvalue weighted by atomic mass is 9.87. The molecule has 6 atom stereocenters. The number of ketones is 1.